The molecule has 1 fully saturated rings. The molecule has 1 nitrogen and oxygen atoms in total. The van der Waals surface area contributed by atoms with Crippen LogP contribution in [-0.2, 0) is 6.42 Å². The van der Waals surface area contributed by atoms with Crippen LogP contribution < -0.4 is 5.32 Å². The second-order valence-corrected chi connectivity index (χ2v) is 5.75. The Labute approximate surface area is 114 Å². The molecule has 0 aliphatic heterocycles. The van der Waals surface area contributed by atoms with E-state index in [0.717, 1.165) is 24.3 Å². The minimum absolute atomic E-state index is 0.147. The van der Waals surface area contributed by atoms with Gasteiger partial charge in [-0.15, -0.1) is 0 Å². The zero-order valence-corrected chi connectivity index (χ0v) is 11.6. The van der Waals surface area contributed by atoms with Crippen LogP contribution >= 0.6 is 11.6 Å². The summed E-state index contributed by atoms with van der Waals surface area (Å²) in [7, 11) is 1.96. The number of rotatable bonds is 5. The molecule has 0 amide bonds. The molecule has 1 aromatic carbocycles. The highest BCUT2D eigenvalue weighted by molar-refractivity contribution is 6.30. The third-order valence-electron chi connectivity index (χ3n) is 3.97. The number of benzene rings is 1. The fourth-order valence-corrected chi connectivity index (χ4v) is 3.11. The van der Waals surface area contributed by atoms with Gasteiger partial charge in [0.2, 0.25) is 0 Å². The highest BCUT2D eigenvalue weighted by Crippen LogP contribution is 2.29. The van der Waals surface area contributed by atoms with Crippen LogP contribution in [0.2, 0.25) is 5.02 Å². The molecule has 3 heteroatoms. The van der Waals surface area contributed by atoms with E-state index in [1.54, 1.807) is 12.1 Å². The summed E-state index contributed by atoms with van der Waals surface area (Å²) in [5.41, 5.74) is 0.722. The fourth-order valence-electron chi connectivity index (χ4n) is 2.92. The van der Waals surface area contributed by atoms with Gasteiger partial charge in [0.15, 0.2) is 0 Å². The molecule has 0 heterocycles. The second kappa shape index (κ2) is 6.53. The molecule has 1 atom stereocenters. The lowest BCUT2D eigenvalue weighted by Gasteiger charge is -2.20. The van der Waals surface area contributed by atoms with E-state index in [2.05, 4.69) is 5.32 Å². The van der Waals surface area contributed by atoms with Gasteiger partial charge in [0, 0.05) is 11.1 Å². The molecule has 2 rings (SSSR count). The number of halogens is 2. The Morgan fingerprint density at radius 1 is 1.39 bits per heavy atom. The van der Waals surface area contributed by atoms with E-state index in [9.17, 15) is 4.39 Å². The summed E-state index contributed by atoms with van der Waals surface area (Å²) >= 11 is 5.93. The van der Waals surface area contributed by atoms with Crippen LogP contribution in [0.3, 0.4) is 0 Å². The van der Waals surface area contributed by atoms with Gasteiger partial charge < -0.3 is 5.32 Å². The van der Waals surface area contributed by atoms with E-state index in [1.165, 1.54) is 31.7 Å². The van der Waals surface area contributed by atoms with Gasteiger partial charge >= 0.3 is 0 Å². The van der Waals surface area contributed by atoms with Gasteiger partial charge in [-0.1, -0.05) is 37.3 Å². The Kier molecular flexibility index (Phi) is 5.02. The Bertz CT molecular complexity index is 388. The van der Waals surface area contributed by atoms with Crippen LogP contribution in [0, 0.1) is 11.7 Å². The van der Waals surface area contributed by atoms with Crippen LogP contribution in [0.1, 0.15) is 37.7 Å². The smallest absolute Gasteiger partial charge is 0.126 e. The number of nitrogens with one attached hydrogen (secondary N) is 1. The van der Waals surface area contributed by atoms with Gasteiger partial charge in [-0.3, -0.25) is 0 Å². The highest BCUT2D eigenvalue weighted by atomic mass is 35.5. The molecule has 0 radical (unpaired) electrons. The van der Waals surface area contributed by atoms with Gasteiger partial charge in [-0.25, -0.2) is 4.39 Å². The molecule has 1 unspecified atom stereocenters. The molecule has 0 aromatic heterocycles. The Morgan fingerprint density at radius 3 is 2.78 bits per heavy atom. The number of hydrogen-bond acceptors (Lipinski definition) is 1. The van der Waals surface area contributed by atoms with Crippen molar-refractivity contribution >= 4 is 11.6 Å². The molecule has 18 heavy (non-hydrogen) atoms. The number of hydrogen-bond donors (Lipinski definition) is 1. The first-order valence-electron chi connectivity index (χ1n) is 6.80. The lowest BCUT2D eigenvalue weighted by atomic mass is 9.94. The molecule has 0 spiro atoms. The molecular formula is C15H21ClFN. The SMILES string of the molecule is CNC(Cc1cc(Cl)ccc1F)CC1CCCC1. The Morgan fingerprint density at radius 2 is 2.11 bits per heavy atom. The summed E-state index contributed by atoms with van der Waals surface area (Å²) in [5, 5.41) is 3.93. The van der Waals surface area contributed by atoms with Crippen LogP contribution in [-0.4, -0.2) is 13.1 Å². The van der Waals surface area contributed by atoms with Crippen molar-refractivity contribution in [1.82, 2.24) is 5.32 Å². The Balaban J connectivity index is 1.98. The van der Waals surface area contributed by atoms with Crippen LogP contribution in [0.15, 0.2) is 18.2 Å². The largest absolute Gasteiger partial charge is 0.317 e. The first-order chi connectivity index (χ1) is 8.69. The van der Waals surface area contributed by atoms with E-state index in [0.29, 0.717) is 11.1 Å². The van der Waals surface area contributed by atoms with E-state index < -0.39 is 0 Å². The molecule has 1 aliphatic carbocycles. The van der Waals surface area contributed by atoms with E-state index in [1.807, 2.05) is 7.05 Å². The summed E-state index contributed by atoms with van der Waals surface area (Å²) in [6.07, 6.45) is 7.23. The van der Waals surface area contributed by atoms with Crippen LogP contribution in [0.5, 0.6) is 0 Å². The molecule has 1 saturated carbocycles. The van der Waals surface area contributed by atoms with Crippen molar-refractivity contribution in [2.24, 2.45) is 5.92 Å². The average Bonchev–Trinajstić information content (AvgIpc) is 2.85. The van der Waals surface area contributed by atoms with Gasteiger partial charge in [0.25, 0.3) is 0 Å². The van der Waals surface area contributed by atoms with Gasteiger partial charge in [0.05, 0.1) is 0 Å². The molecule has 0 bridgehead atoms. The van der Waals surface area contributed by atoms with E-state index >= 15 is 0 Å². The zero-order chi connectivity index (χ0) is 13.0. The first kappa shape index (κ1) is 13.8. The average molecular weight is 270 g/mol. The highest BCUT2D eigenvalue weighted by Gasteiger charge is 2.20. The molecule has 0 saturated heterocycles. The van der Waals surface area contributed by atoms with Crippen LogP contribution in [0.25, 0.3) is 0 Å². The van der Waals surface area contributed by atoms with Gasteiger partial charge in [-0.2, -0.15) is 0 Å². The normalized spacial score (nSPS) is 18.2. The summed E-state index contributed by atoms with van der Waals surface area (Å²) < 4.78 is 13.7. The lowest BCUT2D eigenvalue weighted by Crippen LogP contribution is -2.30. The fraction of sp³-hybridized carbons (Fsp3) is 0.600. The Hall–Kier alpha value is -0.600. The van der Waals surface area contributed by atoms with Gasteiger partial charge in [0.1, 0.15) is 5.82 Å². The maximum atomic E-state index is 13.7. The predicted octanol–water partition coefficient (Wildman–Crippen LogP) is 4.19. The minimum atomic E-state index is -0.147. The quantitative estimate of drug-likeness (QED) is 0.845. The summed E-state index contributed by atoms with van der Waals surface area (Å²) in [6.45, 7) is 0. The predicted molar refractivity (Wildman–Crippen MR) is 74.5 cm³/mol. The van der Waals surface area contributed by atoms with E-state index in [4.69, 9.17) is 11.6 Å². The minimum Gasteiger partial charge on any atom is -0.317 e. The van der Waals surface area contributed by atoms with Crippen molar-refractivity contribution in [3.05, 3.63) is 34.6 Å². The van der Waals surface area contributed by atoms with Crippen molar-refractivity contribution in [2.75, 3.05) is 7.05 Å². The van der Waals surface area contributed by atoms with Crippen molar-refractivity contribution < 1.29 is 4.39 Å². The molecule has 1 aromatic rings. The third-order valence-corrected chi connectivity index (χ3v) is 4.21. The maximum absolute atomic E-state index is 13.7. The van der Waals surface area contributed by atoms with Crippen molar-refractivity contribution in [1.29, 1.82) is 0 Å². The third kappa shape index (κ3) is 3.69. The summed E-state index contributed by atoms with van der Waals surface area (Å²) in [4.78, 5) is 0. The molecule has 1 N–H and O–H groups in total. The van der Waals surface area contributed by atoms with Gasteiger partial charge in [-0.05, 0) is 49.6 Å². The van der Waals surface area contributed by atoms with Crippen LogP contribution in [0.4, 0.5) is 4.39 Å². The lowest BCUT2D eigenvalue weighted by molar-refractivity contribution is 0.399. The zero-order valence-electron chi connectivity index (χ0n) is 10.9. The topological polar surface area (TPSA) is 12.0 Å². The van der Waals surface area contributed by atoms with Crippen molar-refractivity contribution in [3.63, 3.8) is 0 Å². The maximum Gasteiger partial charge on any atom is 0.126 e. The first-order valence-corrected chi connectivity index (χ1v) is 7.18. The van der Waals surface area contributed by atoms with Crippen molar-refractivity contribution in [3.8, 4) is 0 Å². The summed E-state index contributed by atoms with van der Waals surface area (Å²) in [6, 6.07) is 5.16. The molecule has 100 valence electrons. The van der Waals surface area contributed by atoms with Crippen molar-refractivity contribution in [2.45, 2.75) is 44.6 Å². The van der Waals surface area contributed by atoms with E-state index in [-0.39, 0.29) is 5.82 Å². The standard InChI is InChI=1S/C15H21ClFN/c1-18-14(8-11-4-2-3-5-11)10-12-9-13(16)6-7-15(12)17/h6-7,9,11,14,18H,2-5,8,10H2,1H3. The molecule has 1 aliphatic rings. The monoisotopic (exact) mass is 269 g/mol. The number of likely N-dealkylation sites (N-methyl/N-ethyl adjacent to an activating group) is 1. The molecular weight excluding hydrogens is 249 g/mol. The summed E-state index contributed by atoms with van der Waals surface area (Å²) in [5.74, 6) is 0.663. The second-order valence-electron chi connectivity index (χ2n) is 5.31.